The zero-order valence-electron chi connectivity index (χ0n) is 31.1. The van der Waals surface area contributed by atoms with E-state index in [1.54, 1.807) is 0 Å². The van der Waals surface area contributed by atoms with Crippen LogP contribution in [0.3, 0.4) is 0 Å². The Morgan fingerprint density at radius 1 is 0.388 bits per heavy atom. The Hall–Kier alpha value is -6.65. The summed E-state index contributed by atoms with van der Waals surface area (Å²) in [7, 11) is 0. The van der Waals surface area contributed by atoms with Crippen LogP contribution in [0.4, 0.5) is 0 Å². The van der Waals surface area contributed by atoms with Gasteiger partial charge < -0.3 is 4.42 Å². The van der Waals surface area contributed by atoms with Crippen LogP contribution < -0.4 is 0 Å². The van der Waals surface area contributed by atoms with Crippen LogP contribution in [-0.4, -0.2) is 15.0 Å². The maximum Gasteiger partial charge on any atom is 0.164 e. The van der Waals surface area contributed by atoms with Crippen molar-refractivity contribution in [3.63, 3.8) is 0 Å². The van der Waals surface area contributed by atoms with Crippen LogP contribution in [0, 0.1) is 0 Å². The van der Waals surface area contributed by atoms with Crippen molar-refractivity contribution < 1.29 is 11.3 Å². The maximum absolute atomic E-state index is 8.62. The monoisotopic (exact) mass is 632 g/mol. The van der Waals surface area contributed by atoms with E-state index < -0.39 is 18.1 Å². The Morgan fingerprint density at radius 2 is 0.898 bits per heavy atom. The van der Waals surface area contributed by atoms with Gasteiger partial charge in [0.15, 0.2) is 17.5 Å². The lowest BCUT2D eigenvalue weighted by Gasteiger charge is -2.09. The first-order chi connectivity index (χ1) is 26.3. The van der Waals surface area contributed by atoms with Gasteiger partial charge in [-0.25, -0.2) is 15.0 Å². The second kappa shape index (κ2) is 12.2. The van der Waals surface area contributed by atoms with Gasteiger partial charge in [-0.1, -0.05) is 152 Å². The number of rotatable bonds is 6. The highest BCUT2D eigenvalue weighted by molar-refractivity contribution is 6.13. The topological polar surface area (TPSA) is 51.8 Å². The van der Waals surface area contributed by atoms with Gasteiger partial charge in [0.1, 0.15) is 11.2 Å². The van der Waals surface area contributed by atoms with Gasteiger partial charge in [0.25, 0.3) is 0 Å². The first-order valence-electron chi connectivity index (χ1n) is 18.4. The molecule has 0 atom stereocenters. The van der Waals surface area contributed by atoms with Crippen molar-refractivity contribution in [1.29, 1.82) is 0 Å². The number of aromatic nitrogens is 3. The third kappa shape index (κ3) is 5.45. The fourth-order valence-electron chi connectivity index (χ4n) is 6.23. The van der Waals surface area contributed by atoms with Crippen molar-refractivity contribution in [3.05, 3.63) is 176 Å². The molecule has 9 rings (SSSR count). The third-order valence-electron chi connectivity index (χ3n) is 8.67. The lowest BCUT2D eigenvalue weighted by atomic mass is 9.96. The molecule has 0 saturated heterocycles. The lowest BCUT2D eigenvalue weighted by Crippen LogP contribution is -2.00. The number of fused-ring (bicyclic) bond motifs is 3. The van der Waals surface area contributed by atoms with Gasteiger partial charge in [-0.15, -0.1) is 0 Å². The molecule has 0 radical (unpaired) electrons. The molecule has 0 N–H and O–H groups in total. The molecule has 230 valence electrons. The minimum Gasteiger partial charge on any atom is -0.456 e. The summed E-state index contributed by atoms with van der Waals surface area (Å²) in [4.78, 5) is 14.2. The molecule has 49 heavy (non-hydrogen) atoms. The third-order valence-corrected chi connectivity index (χ3v) is 8.67. The quantitative estimate of drug-likeness (QED) is 0.183. The zero-order valence-corrected chi connectivity index (χ0v) is 26.1. The number of hydrogen-bond acceptors (Lipinski definition) is 4. The minimum absolute atomic E-state index is 0.0107. The van der Waals surface area contributed by atoms with Crippen molar-refractivity contribution in [2.75, 3.05) is 0 Å². The number of furan rings is 1. The second-order valence-corrected chi connectivity index (χ2v) is 11.7. The number of benzene rings is 7. The first kappa shape index (κ1) is 23.6. The zero-order chi connectivity index (χ0) is 36.9. The predicted octanol–water partition coefficient (Wildman–Crippen LogP) is 11.8. The summed E-state index contributed by atoms with van der Waals surface area (Å²) in [6, 6.07) is 46.4. The predicted molar refractivity (Wildman–Crippen MR) is 200 cm³/mol. The van der Waals surface area contributed by atoms with Gasteiger partial charge in [-0.05, 0) is 57.6 Å². The van der Waals surface area contributed by atoms with Crippen molar-refractivity contribution in [1.82, 2.24) is 15.0 Å². The summed E-state index contributed by atoms with van der Waals surface area (Å²) in [6.45, 7) is 0. The summed E-state index contributed by atoms with van der Waals surface area (Å²) >= 11 is 0. The van der Waals surface area contributed by atoms with E-state index in [4.69, 9.17) is 21.2 Å². The fourth-order valence-corrected chi connectivity index (χ4v) is 6.23. The molecular weight excluding hydrogens is 599 g/mol. The van der Waals surface area contributed by atoms with Crippen LogP contribution in [0.2, 0.25) is 0 Å². The molecule has 4 nitrogen and oxygen atoms in total. The smallest absolute Gasteiger partial charge is 0.164 e. The van der Waals surface area contributed by atoms with Gasteiger partial charge >= 0.3 is 0 Å². The first-order valence-corrected chi connectivity index (χ1v) is 15.9. The molecule has 2 heterocycles. The Balaban J connectivity index is 1.14. The molecule has 0 saturated carbocycles. The van der Waals surface area contributed by atoms with Crippen LogP contribution in [0.5, 0.6) is 0 Å². The average Bonchev–Trinajstić information content (AvgIpc) is 3.61. The Labute approximate surface area is 291 Å². The van der Waals surface area contributed by atoms with E-state index in [0.29, 0.717) is 28.4 Å². The average molecular weight is 633 g/mol. The van der Waals surface area contributed by atoms with Crippen molar-refractivity contribution in [3.8, 4) is 67.5 Å². The van der Waals surface area contributed by atoms with E-state index in [9.17, 15) is 0 Å². The standard InChI is InChI=1S/C45H29N3O/c1-4-11-30(12-5-1)31-19-21-32(22-20-31)33-23-25-34(26-24-33)38-17-10-18-41-42(38)39-29-37(27-28-40(39)49-41)45-47-43(35-13-6-2-7-14-35)46-44(48-45)36-15-8-3-9-16-36/h1-29H/i2D,6D,7D,13D,14D. The summed E-state index contributed by atoms with van der Waals surface area (Å²) in [5, 5.41) is 1.81. The number of nitrogens with zero attached hydrogens (tertiary/aromatic N) is 3. The van der Waals surface area contributed by atoms with Crippen LogP contribution in [0.1, 0.15) is 6.85 Å². The largest absolute Gasteiger partial charge is 0.456 e. The summed E-state index contributed by atoms with van der Waals surface area (Å²) < 4.78 is 48.2. The molecule has 7 aromatic carbocycles. The van der Waals surface area contributed by atoms with Crippen molar-refractivity contribution in [2.45, 2.75) is 0 Å². The van der Waals surface area contributed by atoms with Crippen LogP contribution in [-0.2, 0) is 0 Å². The molecule has 0 aliphatic rings. The van der Waals surface area contributed by atoms with Gasteiger partial charge in [-0.2, -0.15) is 0 Å². The van der Waals surface area contributed by atoms with Crippen LogP contribution >= 0.6 is 0 Å². The molecule has 0 unspecified atom stereocenters. The minimum atomic E-state index is -0.480. The SMILES string of the molecule is [2H]c1c([2H])c([2H])c(-c2nc(-c3ccccc3)nc(-c3ccc4oc5cccc(-c6ccc(-c7ccc(-c8ccccc8)cc7)cc6)c5c4c3)n2)c([2H])c1[2H]. The Bertz CT molecular complexity index is 2830. The van der Waals surface area contributed by atoms with E-state index in [0.717, 1.165) is 38.6 Å². The molecule has 0 amide bonds. The van der Waals surface area contributed by atoms with Crippen molar-refractivity contribution >= 4 is 21.9 Å². The normalized spacial score (nSPS) is 12.7. The molecule has 0 aliphatic carbocycles. The molecular formula is C45H29N3O. The molecule has 0 bridgehead atoms. The van der Waals surface area contributed by atoms with Crippen molar-refractivity contribution in [2.24, 2.45) is 0 Å². The number of hydrogen-bond donors (Lipinski definition) is 0. The Morgan fingerprint density at radius 3 is 1.53 bits per heavy atom. The Kier molecular flexibility index (Phi) is 5.87. The highest BCUT2D eigenvalue weighted by atomic mass is 16.3. The second-order valence-electron chi connectivity index (χ2n) is 11.7. The van der Waals surface area contributed by atoms with E-state index in [-0.39, 0.29) is 23.5 Å². The highest BCUT2D eigenvalue weighted by Gasteiger charge is 2.17. The molecule has 0 spiro atoms. The summed E-state index contributed by atoms with van der Waals surface area (Å²) in [6.07, 6.45) is 0. The van der Waals surface area contributed by atoms with E-state index >= 15 is 0 Å². The van der Waals surface area contributed by atoms with Gasteiger partial charge in [0, 0.05) is 27.5 Å². The highest BCUT2D eigenvalue weighted by Crippen LogP contribution is 2.39. The summed E-state index contributed by atoms with van der Waals surface area (Å²) in [5.74, 6) is 0.598. The van der Waals surface area contributed by atoms with Gasteiger partial charge in [0.2, 0.25) is 0 Å². The maximum atomic E-state index is 8.62. The van der Waals surface area contributed by atoms with Gasteiger partial charge in [0.05, 0.1) is 6.85 Å². The van der Waals surface area contributed by atoms with E-state index in [1.165, 1.54) is 11.1 Å². The molecule has 2 aromatic heterocycles. The lowest BCUT2D eigenvalue weighted by molar-refractivity contribution is 0.669. The molecule has 4 heteroatoms. The van der Waals surface area contributed by atoms with Crippen LogP contribution in [0.25, 0.3) is 89.5 Å². The van der Waals surface area contributed by atoms with E-state index in [1.807, 2.05) is 78.9 Å². The molecule has 0 fully saturated rings. The van der Waals surface area contributed by atoms with E-state index in [2.05, 4.69) is 71.7 Å². The fraction of sp³-hybridized carbons (Fsp3) is 0. The molecule has 0 aliphatic heterocycles. The van der Waals surface area contributed by atoms with Crippen LogP contribution in [0.15, 0.2) is 180 Å². The summed E-state index contributed by atoms with van der Waals surface area (Å²) in [5.41, 5.74) is 9.34. The molecule has 9 aromatic rings. The van der Waals surface area contributed by atoms with Gasteiger partial charge in [-0.3, -0.25) is 0 Å².